The first-order chi connectivity index (χ1) is 8.30. The van der Waals surface area contributed by atoms with E-state index in [9.17, 15) is 13.2 Å². The van der Waals surface area contributed by atoms with Crippen molar-refractivity contribution in [2.45, 2.75) is 38.3 Å². The van der Waals surface area contributed by atoms with Gasteiger partial charge in [-0.3, -0.25) is 4.79 Å². The summed E-state index contributed by atoms with van der Waals surface area (Å²) < 4.78 is 27.0. The van der Waals surface area contributed by atoms with Gasteiger partial charge in [-0.15, -0.1) is 0 Å². The van der Waals surface area contributed by atoms with Crippen molar-refractivity contribution >= 4 is 15.7 Å². The van der Waals surface area contributed by atoms with Gasteiger partial charge in [0, 0.05) is 13.4 Å². The molecule has 7 heteroatoms. The molecule has 0 radical (unpaired) electrons. The van der Waals surface area contributed by atoms with Gasteiger partial charge in [-0.2, -0.15) is 0 Å². The molecule has 3 N–H and O–H groups in total. The molecule has 0 aromatic heterocycles. The molecular weight excluding hydrogens is 256 g/mol. The van der Waals surface area contributed by atoms with Crippen LogP contribution in [0.25, 0.3) is 0 Å². The van der Waals surface area contributed by atoms with Crippen LogP contribution in [0.3, 0.4) is 0 Å². The largest absolute Gasteiger partial charge is 0.383 e. The molecule has 0 aromatic carbocycles. The molecule has 0 saturated heterocycles. The molecule has 0 saturated carbocycles. The summed E-state index contributed by atoms with van der Waals surface area (Å²) in [5.74, 6) is -0.404. The fourth-order valence-electron chi connectivity index (χ4n) is 1.53. The molecule has 0 spiro atoms. The van der Waals surface area contributed by atoms with Crippen LogP contribution in [-0.2, 0) is 19.4 Å². The number of sulfone groups is 1. The number of amides is 1. The Labute approximate surface area is 109 Å². The number of carbonyl (C=O) groups excluding carboxylic acids is 1. The lowest BCUT2D eigenvalue weighted by Crippen LogP contribution is -2.47. The predicted octanol–water partition coefficient (Wildman–Crippen LogP) is -0.320. The van der Waals surface area contributed by atoms with E-state index in [1.165, 1.54) is 0 Å². The number of nitrogens with one attached hydrogen (secondary N) is 1. The highest BCUT2D eigenvalue weighted by Gasteiger charge is 2.19. The summed E-state index contributed by atoms with van der Waals surface area (Å²) in [5, 5.41) is 2.77. The lowest BCUT2D eigenvalue weighted by molar-refractivity contribution is -0.123. The fourth-order valence-corrected chi connectivity index (χ4v) is 2.21. The van der Waals surface area contributed by atoms with E-state index in [1.807, 2.05) is 6.92 Å². The Bertz CT molecular complexity index is 337. The molecule has 0 aliphatic carbocycles. The molecule has 108 valence electrons. The third-order valence-electron chi connectivity index (χ3n) is 2.49. The Kier molecular flexibility index (Phi) is 8.13. The van der Waals surface area contributed by atoms with Gasteiger partial charge in [0.1, 0.15) is 9.84 Å². The quantitative estimate of drug-likeness (QED) is 0.603. The number of rotatable bonds is 9. The maximum Gasteiger partial charge on any atom is 0.237 e. The van der Waals surface area contributed by atoms with Crippen molar-refractivity contribution in [3.8, 4) is 0 Å². The van der Waals surface area contributed by atoms with Gasteiger partial charge in [0.25, 0.3) is 0 Å². The third-order valence-corrected chi connectivity index (χ3v) is 3.47. The normalized spacial score (nSPS) is 15.1. The van der Waals surface area contributed by atoms with Crippen molar-refractivity contribution in [1.29, 1.82) is 0 Å². The van der Waals surface area contributed by atoms with Crippen LogP contribution in [-0.4, -0.2) is 52.1 Å². The van der Waals surface area contributed by atoms with Crippen LogP contribution in [0.15, 0.2) is 0 Å². The third kappa shape index (κ3) is 8.43. The number of hydrogen-bond acceptors (Lipinski definition) is 5. The van der Waals surface area contributed by atoms with Crippen LogP contribution >= 0.6 is 0 Å². The highest BCUT2D eigenvalue weighted by atomic mass is 32.2. The molecule has 0 aliphatic heterocycles. The van der Waals surface area contributed by atoms with Crippen molar-refractivity contribution in [1.82, 2.24) is 5.32 Å². The van der Waals surface area contributed by atoms with Gasteiger partial charge in [0.15, 0.2) is 0 Å². The van der Waals surface area contributed by atoms with Crippen molar-refractivity contribution in [3.05, 3.63) is 0 Å². The Hall–Kier alpha value is -0.660. The lowest BCUT2D eigenvalue weighted by atomic mass is 10.1. The smallest absolute Gasteiger partial charge is 0.237 e. The van der Waals surface area contributed by atoms with Gasteiger partial charge < -0.3 is 15.8 Å². The minimum Gasteiger partial charge on any atom is -0.383 e. The first kappa shape index (κ1) is 17.3. The highest BCUT2D eigenvalue weighted by molar-refractivity contribution is 7.90. The van der Waals surface area contributed by atoms with E-state index in [0.29, 0.717) is 6.61 Å². The molecule has 1 amide bonds. The van der Waals surface area contributed by atoms with E-state index < -0.39 is 15.9 Å². The molecule has 2 atom stereocenters. The standard InChI is InChI=1S/C11H24N2O4S/c1-4-5-9(8-17-2)13-11(14)10(12)6-7-18(3,15)16/h9-10H,4-8,12H2,1-3H3,(H,13,14). The molecule has 0 heterocycles. The monoisotopic (exact) mass is 280 g/mol. The zero-order valence-electron chi connectivity index (χ0n) is 11.3. The topological polar surface area (TPSA) is 98.5 Å². The average Bonchev–Trinajstić information content (AvgIpc) is 2.25. The second kappa shape index (κ2) is 8.44. The Balaban J connectivity index is 4.19. The summed E-state index contributed by atoms with van der Waals surface area (Å²) >= 11 is 0. The van der Waals surface area contributed by atoms with E-state index >= 15 is 0 Å². The number of ether oxygens (including phenoxy) is 1. The minimum atomic E-state index is -3.09. The molecule has 18 heavy (non-hydrogen) atoms. The molecule has 0 rings (SSSR count). The average molecular weight is 280 g/mol. The molecule has 0 bridgehead atoms. The van der Waals surface area contributed by atoms with Crippen LogP contribution in [0.1, 0.15) is 26.2 Å². The molecule has 2 unspecified atom stereocenters. The fraction of sp³-hybridized carbons (Fsp3) is 0.909. The zero-order chi connectivity index (χ0) is 14.2. The SMILES string of the molecule is CCCC(COC)NC(=O)C(N)CCS(C)(=O)=O. The molecule has 6 nitrogen and oxygen atoms in total. The van der Waals surface area contributed by atoms with Gasteiger partial charge in [0.2, 0.25) is 5.91 Å². The van der Waals surface area contributed by atoms with Crippen molar-refractivity contribution in [2.75, 3.05) is 25.7 Å². The summed E-state index contributed by atoms with van der Waals surface area (Å²) in [6.07, 6.45) is 2.99. The summed E-state index contributed by atoms with van der Waals surface area (Å²) in [6, 6.07) is -0.868. The summed E-state index contributed by atoms with van der Waals surface area (Å²) in [4.78, 5) is 11.7. The first-order valence-corrected chi connectivity index (χ1v) is 8.08. The second-order valence-electron chi connectivity index (χ2n) is 4.47. The van der Waals surface area contributed by atoms with E-state index in [-0.39, 0.29) is 24.1 Å². The molecule has 0 aliphatic rings. The summed E-state index contributed by atoms with van der Waals surface area (Å²) in [6.45, 7) is 2.44. The van der Waals surface area contributed by atoms with Crippen molar-refractivity contribution in [3.63, 3.8) is 0 Å². The summed E-state index contributed by atoms with van der Waals surface area (Å²) in [5.41, 5.74) is 5.65. The molecular formula is C11H24N2O4S. The van der Waals surface area contributed by atoms with Gasteiger partial charge in [-0.05, 0) is 12.8 Å². The zero-order valence-corrected chi connectivity index (χ0v) is 12.1. The minimum absolute atomic E-state index is 0.0724. The number of hydrogen-bond donors (Lipinski definition) is 2. The van der Waals surface area contributed by atoms with Gasteiger partial charge in [-0.25, -0.2) is 8.42 Å². The summed E-state index contributed by atoms with van der Waals surface area (Å²) in [7, 11) is -1.52. The molecule has 0 aromatic rings. The predicted molar refractivity (Wildman–Crippen MR) is 71.0 cm³/mol. The Morgan fingerprint density at radius 3 is 2.44 bits per heavy atom. The number of nitrogens with two attached hydrogens (primary N) is 1. The van der Waals surface area contributed by atoms with E-state index in [0.717, 1.165) is 19.1 Å². The Morgan fingerprint density at radius 2 is 2.00 bits per heavy atom. The van der Waals surface area contributed by atoms with Crippen molar-refractivity contribution in [2.24, 2.45) is 5.73 Å². The van der Waals surface area contributed by atoms with Gasteiger partial charge in [0.05, 0.1) is 24.4 Å². The maximum absolute atomic E-state index is 11.7. The maximum atomic E-state index is 11.7. The highest BCUT2D eigenvalue weighted by Crippen LogP contribution is 2.00. The van der Waals surface area contributed by atoms with Crippen molar-refractivity contribution < 1.29 is 17.9 Å². The van der Waals surface area contributed by atoms with Crippen LogP contribution in [0.5, 0.6) is 0 Å². The lowest BCUT2D eigenvalue weighted by Gasteiger charge is -2.19. The van der Waals surface area contributed by atoms with E-state index in [1.54, 1.807) is 7.11 Å². The van der Waals surface area contributed by atoms with E-state index in [4.69, 9.17) is 10.5 Å². The van der Waals surface area contributed by atoms with Gasteiger partial charge in [-0.1, -0.05) is 13.3 Å². The van der Waals surface area contributed by atoms with Crippen LogP contribution in [0.4, 0.5) is 0 Å². The van der Waals surface area contributed by atoms with Crippen LogP contribution < -0.4 is 11.1 Å². The van der Waals surface area contributed by atoms with E-state index in [2.05, 4.69) is 5.32 Å². The molecule has 0 fully saturated rings. The number of carbonyl (C=O) groups is 1. The first-order valence-electron chi connectivity index (χ1n) is 6.02. The van der Waals surface area contributed by atoms with Gasteiger partial charge >= 0.3 is 0 Å². The number of methoxy groups -OCH3 is 1. The Morgan fingerprint density at radius 1 is 1.39 bits per heavy atom. The van der Waals surface area contributed by atoms with Crippen LogP contribution in [0.2, 0.25) is 0 Å². The van der Waals surface area contributed by atoms with Crippen LogP contribution in [0, 0.1) is 0 Å². The second-order valence-corrected chi connectivity index (χ2v) is 6.73.